The zero-order chi connectivity index (χ0) is 16.1. The Morgan fingerprint density at radius 1 is 1.18 bits per heavy atom. The van der Waals surface area contributed by atoms with Gasteiger partial charge in [0.2, 0.25) is 17.8 Å². The van der Waals surface area contributed by atoms with E-state index in [1.807, 2.05) is 0 Å². The van der Waals surface area contributed by atoms with Crippen LogP contribution >= 0.6 is 23.2 Å². The summed E-state index contributed by atoms with van der Waals surface area (Å²) in [5, 5.41) is 9.70. The first-order valence-corrected chi connectivity index (χ1v) is 6.95. The Hall–Kier alpha value is -2.12. The lowest BCUT2D eigenvalue weighted by Crippen LogP contribution is -2.34. The first-order valence-electron chi connectivity index (χ1n) is 6.08. The van der Waals surface area contributed by atoms with Crippen LogP contribution in [0.5, 0.6) is 0 Å². The van der Waals surface area contributed by atoms with Crippen molar-refractivity contribution in [1.82, 2.24) is 15.5 Å². The molecule has 0 fully saturated rings. The van der Waals surface area contributed by atoms with Gasteiger partial charge in [-0.15, -0.1) is 10.2 Å². The molecule has 0 aliphatic rings. The van der Waals surface area contributed by atoms with Gasteiger partial charge in [-0.2, -0.15) is 0 Å². The van der Waals surface area contributed by atoms with Gasteiger partial charge in [-0.1, -0.05) is 41.4 Å². The van der Waals surface area contributed by atoms with Gasteiger partial charge in [0.25, 0.3) is 5.91 Å². The van der Waals surface area contributed by atoms with Gasteiger partial charge >= 0.3 is 5.97 Å². The summed E-state index contributed by atoms with van der Waals surface area (Å²) in [6.07, 6.45) is 0. The average molecular weight is 344 g/mol. The molecule has 0 unspecified atom stereocenters. The van der Waals surface area contributed by atoms with Gasteiger partial charge in [0.1, 0.15) is 0 Å². The Kier molecular flexibility index (Phi) is 5.35. The number of rotatable bonds is 5. The molecule has 0 aliphatic carbocycles. The summed E-state index contributed by atoms with van der Waals surface area (Å²) < 4.78 is 9.79. The summed E-state index contributed by atoms with van der Waals surface area (Å²) in [5.41, 5.74) is 0.365. The Labute approximate surface area is 135 Å². The van der Waals surface area contributed by atoms with Crippen molar-refractivity contribution in [3.8, 4) is 0 Å². The number of methoxy groups -OCH3 is 1. The van der Waals surface area contributed by atoms with Gasteiger partial charge in [0.15, 0.2) is 4.84 Å². The van der Waals surface area contributed by atoms with Crippen LogP contribution in [0, 0.1) is 0 Å². The number of nitrogens with zero attached hydrogens (tertiary/aromatic N) is 2. The minimum absolute atomic E-state index is 0.0822. The number of ether oxygens (including phenoxy) is 1. The number of alkyl halides is 2. The highest BCUT2D eigenvalue weighted by Crippen LogP contribution is 2.25. The number of benzene rings is 1. The maximum Gasteiger partial charge on any atom is 0.338 e. The number of hydrogen-bond acceptors (Lipinski definition) is 6. The molecule has 1 aromatic carbocycles. The fourth-order valence-electron chi connectivity index (χ4n) is 1.59. The Morgan fingerprint density at radius 2 is 1.82 bits per heavy atom. The molecule has 0 saturated heterocycles. The van der Waals surface area contributed by atoms with E-state index >= 15 is 0 Å². The molecule has 0 spiro atoms. The van der Waals surface area contributed by atoms with Crippen molar-refractivity contribution in [2.45, 2.75) is 10.9 Å². The van der Waals surface area contributed by atoms with Crippen LogP contribution in [0.15, 0.2) is 34.7 Å². The first kappa shape index (κ1) is 16.3. The van der Waals surface area contributed by atoms with Crippen molar-refractivity contribution in [3.05, 3.63) is 47.7 Å². The fraction of sp³-hybridized carbons (Fsp3) is 0.231. The molecular formula is C13H11Cl2N3O4. The van der Waals surface area contributed by atoms with Crippen molar-refractivity contribution >= 4 is 35.1 Å². The summed E-state index contributed by atoms with van der Waals surface area (Å²) in [4.78, 5) is 22.9. The molecule has 9 heteroatoms. The number of carbonyl (C=O) groups is 2. The Balaban J connectivity index is 2.23. The second kappa shape index (κ2) is 7.24. The zero-order valence-electron chi connectivity index (χ0n) is 11.3. The minimum Gasteiger partial charge on any atom is -0.467 e. The van der Waals surface area contributed by atoms with Crippen molar-refractivity contribution in [2.75, 3.05) is 7.11 Å². The summed E-state index contributed by atoms with van der Waals surface area (Å²) >= 11 is 11.2. The Bertz CT molecular complexity index is 660. The van der Waals surface area contributed by atoms with E-state index in [-0.39, 0.29) is 11.8 Å². The molecule has 1 atom stereocenters. The summed E-state index contributed by atoms with van der Waals surface area (Å²) in [5.74, 6) is -1.51. The largest absolute Gasteiger partial charge is 0.467 e. The molecule has 1 N–H and O–H groups in total. The lowest BCUT2D eigenvalue weighted by Gasteiger charge is -2.12. The van der Waals surface area contributed by atoms with Crippen LogP contribution in [0.3, 0.4) is 0 Å². The highest BCUT2D eigenvalue weighted by molar-refractivity contribution is 6.43. The lowest BCUT2D eigenvalue weighted by atomic mass is 10.2. The zero-order valence-corrected chi connectivity index (χ0v) is 12.8. The smallest absolute Gasteiger partial charge is 0.338 e. The summed E-state index contributed by atoms with van der Waals surface area (Å²) in [6.45, 7) is 0. The molecule has 2 rings (SSSR count). The summed E-state index contributed by atoms with van der Waals surface area (Å²) in [6, 6.07) is 7.08. The third kappa shape index (κ3) is 3.75. The molecular weight excluding hydrogens is 333 g/mol. The van der Waals surface area contributed by atoms with Crippen molar-refractivity contribution in [2.24, 2.45) is 0 Å². The third-order valence-corrected chi connectivity index (χ3v) is 3.01. The van der Waals surface area contributed by atoms with E-state index in [0.717, 1.165) is 0 Å². The first-order chi connectivity index (χ1) is 10.5. The molecule has 1 aromatic heterocycles. The van der Waals surface area contributed by atoms with E-state index in [2.05, 4.69) is 20.3 Å². The van der Waals surface area contributed by atoms with Crippen molar-refractivity contribution in [1.29, 1.82) is 0 Å². The van der Waals surface area contributed by atoms with Crippen molar-refractivity contribution in [3.63, 3.8) is 0 Å². The molecule has 0 radical (unpaired) electrons. The van der Waals surface area contributed by atoms with Crippen LogP contribution in [0.25, 0.3) is 0 Å². The van der Waals surface area contributed by atoms with E-state index in [1.54, 1.807) is 30.3 Å². The average Bonchev–Trinajstić information content (AvgIpc) is 3.02. The second-order valence-electron chi connectivity index (χ2n) is 4.07. The van der Waals surface area contributed by atoms with E-state index in [0.29, 0.717) is 5.56 Å². The number of nitrogens with one attached hydrogen (secondary N) is 1. The van der Waals surface area contributed by atoms with Gasteiger partial charge in [-0.3, -0.25) is 4.79 Å². The molecule has 1 heterocycles. The van der Waals surface area contributed by atoms with Gasteiger partial charge in [-0.05, 0) is 12.1 Å². The SMILES string of the molecule is COC(=O)[C@@H](NC(=O)c1ccccc1)c1nnc(C(Cl)Cl)o1. The maximum atomic E-state index is 12.1. The second-order valence-corrected chi connectivity index (χ2v) is 5.17. The van der Waals surface area contributed by atoms with Crippen molar-refractivity contribution < 1.29 is 18.7 Å². The number of carbonyl (C=O) groups excluding carboxylic acids is 2. The Morgan fingerprint density at radius 3 is 2.36 bits per heavy atom. The van der Waals surface area contributed by atoms with Gasteiger partial charge in [0.05, 0.1) is 7.11 Å². The van der Waals surface area contributed by atoms with E-state index < -0.39 is 22.8 Å². The van der Waals surface area contributed by atoms with Crippen LogP contribution in [-0.4, -0.2) is 29.2 Å². The molecule has 22 heavy (non-hydrogen) atoms. The van der Waals surface area contributed by atoms with E-state index in [1.165, 1.54) is 7.11 Å². The predicted molar refractivity (Wildman–Crippen MR) is 77.4 cm³/mol. The van der Waals surface area contributed by atoms with Crippen LogP contribution in [-0.2, 0) is 9.53 Å². The molecule has 0 saturated carbocycles. The highest BCUT2D eigenvalue weighted by Gasteiger charge is 2.30. The molecule has 7 nitrogen and oxygen atoms in total. The van der Waals surface area contributed by atoms with Gasteiger partial charge in [0, 0.05) is 5.56 Å². The minimum atomic E-state index is -1.26. The van der Waals surface area contributed by atoms with Crippen LogP contribution in [0.2, 0.25) is 0 Å². The van der Waals surface area contributed by atoms with E-state index in [4.69, 9.17) is 27.6 Å². The normalized spacial score (nSPS) is 12.0. The van der Waals surface area contributed by atoms with Crippen LogP contribution in [0.1, 0.15) is 33.0 Å². The monoisotopic (exact) mass is 343 g/mol. The predicted octanol–water partition coefficient (Wildman–Crippen LogP) is 2.19. The molecule has 0 aliphatic heterocycles. The van der Waals surface area contributed by atoms with E-state index in [9.17, 15) is 9.59 Å². The van der Waals surface area contributed by atoms with Gasteiger partial charge in [-0.25, -0.2) is 4.79 Å². The number of aromatic nitrogens is 2. The molecule has 1 amide bonds. The summed E-state index contributed by atoms with van der Waals surface area (Å²) in [7, 11) is 1.17. The molecule has 116 valence electrons. The number of amides is 1. The number of halogens is 2. The molecule has 0 bridgehead atoms. The maximum absolute atomic E-state index is 12.1. The van der Waals surface area contributed by atoms with Crippen LogP contribution < -0.4 is 5.32 Å². The standard InChI is InChI=1S/C13H11Cl2N3O4/c1-21-13(20)8(11-17-18-12(22-11)9(14)15)16-10(19)7-5-3-2-4-6-7/h2-6,8-9H,1H3,(H,16,19)/t8-/m0/s1. The molecule has 2 aromatic rings. The number of esters is 1. The highest BCUT2D eigenvalue weighted by atomic mass is 35.5. The van der Waals surface area contributed by atoms with Gasteiger partial charge < -0.3 is 14.5 Å². The third-order valence-electron chi connectivity index (χ3n) is 2.64. The number of hydrogen-bond donors (Lipinski definition) is 1. The van der Waals surface area contributed by atoms with Crippen LogP contribution in [0.4, 0.5) is 0 Å². The fourth-order valence-corrected chi connectivity index (χ4v) is 1.77. The quantitative estimate of drug-likeness (QED) is 0.660. The lowest BCUT2D eigenvalue weighted by molar-refractivity contribution is -0.143. The topological polar surface area (TPSA) is 94.3 Å².